The van der Waals surface area contributed by atoms with Gasteiger partial charge < -0.3 is 5.73 Å². The molecule has 1 rings (SSSR count). The molecule has 1 aromatic carbocycles. The number of benzene rings is 1. The van der Waals surface area contributed by atoms with Crippen LogP contribution in [-0.4, -0.2) is 6.21 Å². The van der Waals surface area contributed by atoms with Crippen molar-refractivity contribution >= 4 is 11.9 Å². The molecule has 88 valence electrons. The van der Waals surface area contributed by atoms with Gasteiger partial charge >= 0.3 is 0 Å². The minimum absolute atomic E-state index is 0.372. The molecule has 0 radical (unpaired) electrons. The molecule has 0 heterocycles. The van der Waals surface area contributed by atoms with Crippen LogP contribution in [0.4, 0.5) is 5.69 Å². The van der Waals surface area contributed by atoms with E-state index in [-0.39, 0.29) is 0 Å². The molecule has 2 nitrogen and oxygen atoms in total. The third-order valence-electron chi connectivity index (χ3n) is 1.91. The molecule has 0 aromatic heterocycles. The van der Waals surface area contributed by atoms with Gasteiger partial charge in [0.1, 0.15) is 0 Å². The normalized spacial score (nSPS) is 11.4. The monoisotopic (exact) mass is 218 g/mol. The van der Waals surface area contributed by atoms with Crippen molar-refractivity contribution < 1.29 is 0 Å². The van der Waals surface area contributed by atoms with Crippen LogP contribution in [0, 0.1) is 5.92 Å². The first-order valence-electron chi connectivity index (χ1n) is 5.75. The van der Waals surface area contributed by atoms with Gasteiger partial charge in [0, 0.05) is 11.9 Å². The van der Waals surface area contributed by atoms with Gasteiger partial charge in [0.15, 0.2) is 0 Å². The summed E-state index contributed by atoms with van der Waals surface area (Å²) < 4.78 is 0. The van der Waals surface area contributed by atoms with Gasteiger partial charge in [0.2, 0.25) is 0 Å². The standard InChI is InChI=1S/C12H16N2.C2H6/c1-10(2)12(13)8-9-14-11-6-4-3-5-7-11;1-2/h3-10H,13H2,1-2H3;1-2H3/b12-8-,14-9?;. The quantitative estimate of drug-likeness (QED) is 0.767. The van der Waals surface area contributed by atoms with E-state index in [4.69, 9.17) is 5.73 Å². The minimum atomic E-state index is 0.372. The van der Waals surface area contributed by atoms with Crippen molar-refractivity contribution in [2.75, 3.05) is 0 Å². The van der Waals surface area contributed by atoms with E-state index in [2.05, 4.69) is 18.8 Å². The maximum absolute atomic E-state index is 5.75. The van der Waals surface area contributed by atoms with Gasteiger partial charge in [-0.15, -0.1) is 0 Å². The summed E-state index contributed by atoms with van der Waals surface area (Å²) in [5.41, 5.74) is 7.55. The summed E-state index contributed by atoms with van der Waals surface area (Å²) in [7, 11) is 0. The average molecular weight is 218 g/mol. The highest BCUT2D eigenvalue weighted by Crippen LogP contribution is 2.08. The van der Waals surface area contributed by atoms with Crippen molar-refractivity contribution in [3.63, 3.8) is 0 Å². The van der Waals surface area contributed by atoms with Gasteiger partial charge in [-0.25, -0.2) is 0 Å². The highest BCUT2D eigenvalue weighted by molar-refractivity contribution is 5.75. The maximum Gasteiger partial charge on any atom is 0.0629 e. The zero-order valence-corrected chi connectivity index (χ0v) is 10.6. The van der Waals surface area contributed by atoms with E-state index < -0.39 is 0 Å². The van der Waals surface area contributed by atoms with Gasteiger partial charge in [-0.05, 0) is 24.1 Å². The third-order valence-corrected chi connectivity index (χ3v) is 1.91. The Morgan fingerprint density at radius 2 is 1.75 bits per heavy atom. The van der Waals surface area contributed by atoms with Crippen molar-refractivity contribution in [1.82, 2.24) is 0 Å². The van der Waals surface area contributed by atoms with E-state index in [0.717, 1.165) is 11.4 Å². The van der Waals surface area contributed by atoms with Gasteiger partial charge in [0.05, 0.1) is 5.69 Å². The second-order valence-corrected chi connectivity index (χ2v) is 3.44. The maximum atomic E-state index is 5.75. The van der Waals surface area contributed by atoms with E-state index in [1.54, 1.807) is 6.21 Å². The Morgan fingerprint density at radius 1 is 1.19 bits per heavy atom. The molecule has 2 heteroatoms. The fraction of sp³-hybridized carbons (Fsp3) is 0.357. The molecule has 0 aliphatic carbocycles. The summed E-state index contributed by atoms with van der Waals surface area (Å²) in [6, 6.07) is 9.80. The topological polar surface area (TPSA) is 38.4 Å². The summed E-state index contributed by atoms with van der Waals surface area (Å²) in [6.45, 7) is 8.12. The van der Waals surface area contributed by atoms with Crippen LogP contribution in [0.5, 0.6) is 0 Å². The first-order valence-corrected chi connectivity index (χ1v) is 5.75. The lowest BCUT2D eigenvalue weighted by Gasteiger charge is -2.01. The molecule has 0 unspecified atom stereocenters. The van der Waals surface area contributed by atoms with Crippen LogP contribution in [0.25, 0.3) is 0 Å². The average Bonchev–Trinajstić information content (AvgIpc) is 2.33. The van der Waals surface area contributed by atoms with E-state index in [1.807, 2.05) is 50.3 Å². The number of hydrogen-bond acceptors (Lipinski definition) is 2. The molecule has 0 aliphatic rings. The van der Waals surface area contributed by atoms with Crippen LogP contribution in [0.15, 0.2) is 47.1 Å². The zero-order valence-electron chi connectivity index (χ0n) is 10.6. The van der Waals surface area contributed by atoms with Crippen LogP contribution in [0.2, 0.25) is 0 Å². The first-order chi connectivity index (χ1) is 7.70. The van der Waals surface area contributed by atoms with Crippen molar-refractivity contribution in [3.05, 3.63) is 42.1 Å². The van der Waals surface area contributed by atoms with Gasteiger partial charge in [0.25, 0.3) is 0 Å². The Kier molecular flexibility index (Phi) is 7.86. The van der Waals surface area contributed by atoms with Crippen molar-refractivity contribution in [2.45, 2.75) is 27.7 Å². The number of rotatable bonds is 3. The van der Waals surface area contributed by atoms with E-state index in [9.17, 15) is 0 Å². The summed E-state index contributed by atoms with van der Waals surface area (Å²) in [6.07, 6.45) is 3.59. The van der Waals surface area contributed by atoms with Crippen molar-refractivity contribution in [2.24, 2.45) is 16.6 Å². The summed E-state index contributed by atoms with van der Waals surface area (Å²) >= 11 is 0. The Labute approximate surface area is 98.9 Å². The fourth-order valence-electron chi connectivity index (χ4n) is 0.916. The number of nitrogens with zero attached hydrogens (tertiary/aromatic N) is 1. The Morgan fingerprint density at radius 3 is 2.25 bits per heavy atom. The molecule has 2 N–H and O–H groups in total. The molecular formula is C14H22N2. The number of hydrogen-bond donors (Lipinski definition) is 1. The van der Waals surface area contributed by atoms with Crippen LogP contribution in [0.1, 0.15) is 27.7 Å². The van der Waals surface area contributed by atoms with Gasteiger partial charge in [-0.1, -0.05) is 45.9 Å². The lowest BCUT2D eigenvalue weighted by molar-refractivity contribution is 0.759. The Bertz CT molecular complexity index is 324. The number of para-hydroxylation sites is 1. The largest absolute Gasteiger partial charge is 0.402 e. The molecule has 0 amide bonds. The van der Waals surface area contributed by atoms with Crippen LogP contribution < -0.4 is 5.73 Å². The molecule has 16 heavy (non-hydrogen) atoms. The lowest BCUT2D eigenvalue weighted by atomic mass is 10.1. The molecular weight excluding hydrogens is 196 g/mol. The highest BCUT2D eigenvalue weighted by atomic mass is 14.7. The molecule has 0 fully saturated rings. The number of nitrogens with two attached hydrogens (primary N) is 1. The highest BCUT2D eigenvalue weighted by Gasteiger charge is 1.93. The molecule has 0 aliphatic heterocycles. The van der Waals surface area contributed by atoms with Crippen LogP contribution >= 0.6 is 0 Å². The predicted molar refractivity (Wildman–Crippen MR) is 73.1 cm³/mol. The van der Waals surface area contributed by atoms with Gasteiger partial charge in [-0.3, -0.25) is 4.99 Å². The molecule has 0 saturated heterocycles. The molecule has 0 saturated carbocycles. The Hall–Kier alpha value is -1.57. The van der Waals surface area contributed by atoms with E-state index in [1.165, 1.54) is 0 Å². The van der Waals surface area contributed by atoms with Crippen LogP contribution in [0.3, 0.4) is 0 Å². The molecule has 0 spiro atoms. The summed E-state index contributed by atoms with van der Waals surface area (Å²) in [5, 5.41) is 0. The zero-order chi connectivity index (χ0) is 12.4. The smallest absolute Gasteiger partial charge is 0.0629 e. The predicted octanol–water partition coefficient (Wildman–Crippen LogP) is 3.91. The van der Waals surface area contributed by atoms with Crippen molar-refractivity contribution in [1.29, 1.82) is 0 Å². The Balaban J connectivity index is 0.00000106. The number of allylic oxidation sites excluding steroid dienone is 2. The third kappa shape index (κ3) is 6.02. The summed E-state index contributed by atoms with van der Waals surface area (Å²) in [4.78, 5) is 4.25. The van der Waals surface area contributed by atoms with E-state index in [0.29, 0.717) is 5.92 Å². The minimum Gasteiger partial charge on any atom is -0.402 e. The second-order valence-electron chi connectivity index (χ2n) is 3.44. The summed E-state index contributed by atoms with van der Waals surface area (Å²) in [5.74, 6) is 0.372. The molecule has 0 atom stereocenters. The second kappa shape index (κ2) is 8.72. The van der Waals surface area contributed by atoms with Crippen LogP contribution in [-0.2, 0) is 0 Å². The lowest BCUT2D eigenvalue weighted by Crippen LogP contribution is -2.04. The van der Waals surface area contributed by atoms with Gasteiger partial charge in [-0.2, -0.15) is 0 Å². The van der Waals surface area contributed by atoms with E-state index >= 15 is 0 Å². The molecule has 1 aromatic rings. The number of aliphatic imine (C=N–C) groups is 1. The first kappa shape index (κ1) is 14.4. The SMILES string of the molecule is CC.CC(C)/C(N)=C/C=Nc1ccccc1. The van der Waals surface area contributed by atoms with Crippen molar-refractivity contribution in [3.8, 4) is 0 Å². The molecule has 0 bridgehead atoms. The fourth-order valence-corrected chi connectivity index (χ4v) is 0.916.